The molecule has 3 heteroatoms. The molecule has 0 radical (unpaired) electrons. The van der Waals surface area contributed by atoms with Crippen LogP contribution in [0.25, 0.3) is 0 Å². The number of rotatable bonds is 5. The van der Waals surface area contributed by atoms with Crippen LogP contribution in [0.2, 0.25) is 5.02 Å². The van der Waals surface area contributed by atoms with E-state index in [1.165, 1.54) is 0 Å². The average Bonchev–Trinajstić information content (AvgIpc) is 2.15. The van der Waals surface area contributed by atoms with E-state index in [2.05, 4.69) is 32.2 Å². The van der Waals surface area contributed by atoms with Gasteiger partial charge in [-0.05, 0) is 31.4 Å². The Morgan fingerprint density at radius 1 is 1.24 bits per heavy atom. The number of nitrogens with zero attached hydrogens (tertiary/aromatic N) is 1. The molecular weight excluding hydrogens is 232 g/mol. The minimum Gasteiger partial charge on any atom is -0.381 e. The third-order valence-electron chi connectivity index (χ3n) is 2.66. The Balaban J connectivity index is 2.87. The molecule has 0 aliphatic heterocycles. The largest absolute Gasteiger partial charge is 0.381 e. The van der Waals surface area contributed by atoms with Gasteiger partial charge in [-0.25, -0.2) is 0 Å². The van der Waals surface area contributed by atoms with E-state index in [1.807, 2.05) is 31.1 Å². The van der Waals surface area contributed by atoms with Crippen molar-refractivity contribution >= 4 is 23.0 Å². The van der Waals surface area contributed by atoms with Gasteiger partial charge in [0.1, 0.15) is 0 Å². The fourth-order valence-electron chi connectivity index (χ4n) is 2.12. The zero-order valence-corrected chi connectivity index (χ0v) is 12.2. The molecule has 0 saturated heterocycles. The molecule has 1 atom stereocenters. The van der Waals surface area contributed by atoms with E-state index in [9.17, 15) is 0 Å². The topological polar surface area (TPSA) is 15.3 Å². The molecule has 1 aromatic rings. The number of nitrogens with one attached hydrogen (secondary N) is 1. The maximum atomic E-state index is 6.23. The molecule has 0 aliphatic rings. The summed E-state index contributed by atoms with van der Waals surface area (Å²) in [6.45, 7) is 6.69. The van der Waals surface area contributed by atoms with Crippen LogP contribution in [-0.2, 0) is 0 Å². The van der Waals surface area contributed by atoms with Crippen molar-refractivity contribution in [1.29, 1.82) is 0 Å². The predicted molar refractivity (Wildman–Crippen MR) is 78.3 cm³/mol. The van der Waals surface area contributed by atoms with Crippen LogP contribution in [0.5, 0.6) is 0 Å². The Morgan fingerprint density at radius 3 is 2.41 bits per heavy atom. The lowest BCUT2D eigenvalue weighted by atomic mass is 10.0. The highest BCUT2D eigenvalue weighted by atomic mass is 35.5. The molecule has 1 rings (SSSR count). The van der Waals surface area contributed by atoms with E-state index in [0.29, 0.717) is 12.0 Å². The maximum Gasteiger partial charge on any atom is 0.0786 e. The number of hydrogen-bond donors (Lipinski definition) is 1. The number of halogens is 1. The zero-order valence-electron chi connectivity index (χ0n) is 11.4. The SMILES string of the molecule is CC(C)CC(C)Nc1cccc(Cl)c1N(C)C. The summed E-state index contributed by atoms with van der Waals surface area (Å²) in [5.41, 5.74) is 2.17. The van der Waals surface area contributed by atoms with Crippen LogP contribution in [0.4, 0.5) is 11.4 Å². The van der Waals surface area contributed by atoms with Gasteiger partial charge >= 0.3 is 0 Å². The molecule has 0 saturated carbocycles. The van der Waals surface area contributed by atoms with Gasteiger partial charge in [0, 0.05) is 20.1 Å². The second kappa shape index (κ2) is 6.15. The molecular formula is C14H23ClN2. The minimum absolute atomic E-state index is 0.451. The number of anilines is 2. The molecule has 96 valence electrons. The van der Waals surface area contributed by atoms with Gasteiger partial charge in [-0.2, -0.15) is 0 Å². The number of para-hydroxylation sites is 1. The van der Waals surface area contributed by atoms with Gasteiger partial charge in [0.25, 0.3) is 0 Å². The van der Waals surface area contributed by atoms with Crippen LogP contribution < -0.4 is 10.2 Å². The number of hydrogen-bond acceptors (Lipinski definition) is 2. The summed E-state index contributed by atoms with van der Waals surface area (Å²) in [7, 11) is 4.03. The average molecular weight is 255 g/mol. The molecule has 17 heavy (non-hydrogen) atoms. The van der Waals surface area contributed by atoms with Crippen molar-refractivity contribution in [2.24, 2.45) is 5.92 Å². The van der Waals surface area contributed by atoms with Crippen LogP contribution in [-0.4, -0.2) is 20.1 Å². The fraction of sp³-hybridized carbons (Fsp3) is 0.571. The third-order valence-corrected chi connectivity index (χ3v) is 2.97. The summed E-state index contributed by atoms with van der Waals surface area (Å²) in [6, 6.07) is 6.44. The second-order valence-corrected chi connectivity index (χ2v) is 5.61. The monoisotopic (exact) mass is 254 g/mol. The van der Waals surface area contributed by atoms with Crippen LogP contribution in [0.3, 0.4) is 0 Å². The van der Waals surface area contributed by atoms with Crippen molar-refractivity contribution in [3.8, 4) is 0 Å². The minimum atomic E-state index is 0.451. The van der Waals surface area contributed by atoms with Crippen molar-refractivity contribution in [2.75, 3.05) is 24.3 Å². The Kier molecular flexibility index (Phi) is 5.13. The van der Waals surface area contributed by atoms with Gasteiger partial charge in [-0.15, -0.1) is 0 Å². The van der Waals surface area contributed by atoms with Crippen LogP contribution in [0, 0.1) is 5.92 Å². The van der Waals surface area contributed by atoms with E-state index >= 15 is 0 Å². The van der Waals surface area contributed by atoms with Crippen molar-refractivity contribution in [3.63, 3.8) is 0 Å². The Bertz CT molecular complexity index is 361. The van der Waals surface area contributed by atoms with Gasteiger partial charge in [0.15, 0.2) is 0 Å². The normalized spacial score (nSPS) is 12.6. The number of benzene rings is 1. The maximum absolute atomic E-state index is 6.23. The van der Waals surface area contributed by atoms with Gasteiger partial charge < -0.3 is 10.2 Å². The smallest absolute Gasteiger partial charge is 0.0786 e. The molecule has 0 aliphatic carbocycles. The van der Waals surface area contributed by atoms with E-state index in [0.717, 1.165) is 22.8 Å². The molecule has 0 aromatic heterocycles. The third kappa shape index (κ3) is 4.12. The fourth-order valence-corrected chi connectivity index (χ4v) is 2.46. The summed E-state index contributed by atoms with van der Waals surface area (Å²) in [6.07, 6.45) is 1.15. The quantitative estimate of drug-likeness (QED) is 0.845. The lowest BCUT2D eigenvalue weighted by molar-refractivity contribution is 0.540. The van der Waals surface area contributed by atoms with Crippen LogP contribution in [0.15, 0.2) is 18.2 Å². The van der Waals surface area contributed by atoms with Gasteiger partial charge in [0.2, 0.25) is 0 Å². The van der Waals surface area contributed by atoms with E-state index in [-0.39, 0.29) is 0 Å². The van der Waals surface area contributed by atoms with Gasteiger partial charge in [-0.3, -0.25) is 0 Å². The summed E-state index contributed by atoms with van der Waals surface area (Å²) in [5.74, 6) is 0.694. The van der Waals surface area contributed by atoms with Gasteiger partial charge in [0.05, 0.1) is 16.4 Å². The van der Waals surface area contributed by atoms with Crippen molar-refractivity contribution in [3.05, 3.63) is 23.2 Å². The summed E-state index contributed by atoms with van der Waals surface area (Å²) < 4.78 is 0. The first-order chi connectivity index (χ1) is 7.91. The highest BCUT2D eigenvalue weighted by Gasteiger charge is 2.11. The lowest BCUT2D eigenvalue weighted by Gasteiger charge is -2.23. The molecule has 0 amide bonds. The van der Waals surface area contributed by atoms with Gasteiger partial charge in [-0.1, -0.05) is 31.5 Å². The first-order valence-corrected chi connectivity index (χ1v) is 6.52. The first kappa shape index (κ1) is 14.2. The highest BCUT2D eigenvalue weighted by Crippen LogP contribution is 2.33. The standard InChI is InChI=1S/C14H23ClN2/c1-10(2)9-11(3)16-13-8-6-7-12(15)14(13)17(4)5/h6-8,10-11,16H,9H2,1-5H3. The zero-order chi connectivity index (χ0) is 13.0. The van der Waals surface area contributed by atoms with Crippen molar-refractivity contribution in [1.82, 2.24) is 0 Å². The molecule has 0 spiro atoms. The summed E-state index contributed by atoms with van der Waals surface area (Å²) in [4.78, 5) is 2.05. The van der Waals surface area contributed by atoms with Crippen molar-refractivity contribution in [2.45, 2.75) is 33.2 Å². The van der Waals surface area contributed by atoms with E-state index in [1.54, 1.807) is 0 Å². The van der Waals surface area contributed by atoms with Crippen molar-refractivity contribution < 1.29 is 0 Å². The predicted octanol–water partition coefficient (Wildman–Crippen LogP) is 4.25. The molecule has 1 N–H and O–H groups in total. The van der Waals surface area contributed by atoms with Crippen LogP contribution in [0.1, 0.15) is 27.2 Å². The highest BCUT2D eigenvalue weighted by molar-refractivity contribution is 6.34. The molecule has 0 bridgehead atoms. The molecule has 0 fully saturated rings. The lowest BCUT2D eigenvalue weighted by Crippen LogP contribution is -2.20. The van der Waals surface area contributed by atoms with Crippen LogP contribution >= 0.6 is 11.6 Å². The first-order valence-electron chi connectivity index (χ1n) is 6.14. The molecule has 0 heterocycles. The summed E-state index contributed by atoms with van der Waals surface area (Å²) >= 11 is 6.23. The van der Waals surface area contributed by atoms with E-state index < -0.39 is 0 Å². The Labute approximate surface area is 110 Å². The Morgan fingerprint density at radius 2 is 1.88 bits per heavy atom. The summed E-state index contributed by atoms with van der Waals surface area (Å²) in [5, 5.41) is 4.33. The molecule has 1 unspecified atom stereocenters. The Hall–Kier alpha value is -0.890. The molecule has 2 nitrogen and oxygen atoms in total. The van der Waals surface area contributed by atoms with E-state index in [4.69, 9.17) is 11.6 Å². The molecule has 1 aromatic carbocycles. The second-order valence-electron chi connectivity index (χ2n) is 5.21.